The third-order valence-corrected chi connectivity index (χ3v) is 5.98. The van der Waals surface area contributed by atoms with Crippen molar-refractivity contribution < 1.29 is 17.9 Å². The highest BCUT2D eigenvalue weighted by molar-refractivity contribution is 7.89. The Balaban J connectivity index is 1.70. The summed E-state index contributed by atoms with van der Waals surface area (Å²) in [5.41, 5.74) is 0.428. The van der Waals surface area contributed by atoms with Crippen molar-refractivity contribution in [3.05, 3.63) is 29.8 Å². The molecule has 3 rings (SSSR count). The van der Waals surface area contributed by atoms with Crippen LogP contribution in [0.15, 0.2) is 29.2 Å². The molecule has 0 radical (unpaired) electrons. The second-order valence-electron chi connectivity index (χ2n) is 6.37. The monoisotopic (exact) mass is 352 g/mol. The Kier molecular flexibility index (Phi) is 5.53. The average molecular weight is 352 g/mol. The van der Waals surface area contributed by atoms with Gasteiger partial charge in [0.15, 0.2) is 0 Å². The van der Waals surface area contributed by atoms with Crippen LogP contribution in [0.1, 0.15) is 42.5 Å². The normalized spacial score (nSPS) is 21.8. The highest BCUT2D eigenvalue weighted by Gasteiger charge is 2.23. The number of rotatable bonds is 5. The number of amides is 1. The van der Waals surface area contributed by atoms with E-state index in [-0.39, 0.29) is 23.5 Å². The molecule has 1 N–H and O–H groups in total. The van der Waals surface area contributed by atoms with E-state index in [9.17, 15) is 13.2 Å². The van der Waals surface area contributed by atoms with Crippen molar-refractivity contribution in [2.24, 2.45) is 0 Å². The SMILES string of the molecule is O=C(c1cccc(S(=O)(=O)NC[C@H]2CCCO2)c1)N1CCCCC1. The Bertz CT molecular complexity index is 678. The van der Waals surface area contributed by atoms with Crippen LogP contribution >= 0.6 is 0 Å². The van der Waals surface area contributed by atoms with Crippen LogP contribution in [0.25, 0.3) is 0 Å². The second-order valence-corrected chi connectivity index (χ2v) is 8.13. The fraction of sp³-hybridized carbons (Fsp3) is 0.588. The van der Waals surface area contributed by atoms with Gasteiger partial charge in [0.1, 0.15) is 0 Å². The van der Waals surface area contributed by atoms with Gasteiger partial charge < -0.3 is 9.64 Å². The number of sulfonamides is 1. The summed E-state index contributed by atoms with van der Waals surface area (Å²) in [7, 11) is -3.64. The molecule has 1 aromatic carbocycles. The Morgan fingerprint density at radius 1 is 1.21 bits per heavy atom. The summed E-state index contributed by atoms with van der Waals surface area (Å²) in [5.74, 6) is -0.0918. The molecule has 0 bridgehead atoms. The minimum atomic E-state index is -3.64. The van der Waals surface area contributed by atoms with Gasteiger partial charge in [0.05, 0.1) is 11.0 Å². The van der Waals surface area contributed by atoms with E-state index in [1.807, 2.05) is 0 Å². The van der Waals surface area contributed by atoms with Crippen LogP contribution in [-0.2, 0) is 14.8 Å². The molecule has 0 aromatic heterocycles. The van der Waals surface area contributed by atoms with Gasteiger partial charge in [-0.25, -0.2) is 13.1 Å². The van der Waals surface area contributed by atoms with Crippen molar-refractivity contribution in [1.82, 2.24) is 9.62 Å². The van der Waals surface area contributed by atoms with E-state index in [4.69, 9.17) is 4.74 Å². The fourth-order valence-corrected chi connectivity index (χ4v) is 4.28. The molecular formula is C17H24N2O4S. The van der Waals surface area contributed by atoms with E-state index in [0.29, 0.717) is 12.2 Å². The van der Waals surface area contributed by atoms with Gasteiger partial charge in [0.25, 0.3) is 5.91 Å². The lowest BCUT2D eigenvalue weighted by Gasteiger charge is -2.26. The number of hydrogen-bond donors (Lipinski definition) is 1. The smallest absolute Gasteiger partial charge is 0.253 e. The predicted molar refractivity (Wildman–Crippen MR) is 90.4 cm³/mol. The first kappa shape index (κ1) is 17.4. The zero-order valence-corrected chi connectivity index (χ0v) is 14.6. The molecule has 24 heavy (non-hydrogen) atoms. The molecule has 2 saturated heterocycles. The summed E-state index contributed by atoms with van der Waals surface area (Å²) < 4.78 is 32.9. The Morgan fingerprint density at radius 3 is 2.71 bits per heavy atom. The maximum atomic E-state index is 12.5. The number of nitrogens with zero attached hydrogens (tertiary/aromatic N) is 1. The van der Waals surface area contributed by atoms with Crippen molar-refractivity contribution in [1.29, 1.82) is 0 Å². The predicted octanol–water partition coefficient (Wildman–Crippen LogP) is 1.77. The van der Waals surface area contributed by atoms with Crippen LogP contribution in [0.5, 0.6) is 0 Å². The zero-order chi connectivity index (χ0) is 17.0. The van der Waals surface area contributed by atoms with Gasteiger partial charge in [-0.2, -0.15) is 0 Å². The largest absolute Gasteiger partial charge is 0.377 e. The molecule has 0 unspecified atom stereocenters. The highest BCUT2D eigenvalue weighted by Crippen LogP contribution is 2.17. The van der Waals surface area contributed by atoms with Crippen molar-refractivity contribution >= 4 is 15.9 Å². The van der Waals surface area contributed by atoms with Gasteiger partial charge in [-0.05, 0) is 50.3 Å². The molecule has 2 fully saturated rings. The molecular weight excluding hydrogens is 328 g/mol. The van der Waals surface area contributed by atoms with Crippen LogP contribution < -0.4 is 4.72 Å². The summed E-state index contributed by atoms with van der Waals surface area (Å²) in [6, 6.07) is 6.29. The summed E-state index contributed by atoms with van der Waals surface area (Å²) >= 11 is 0. The van der Waals surface area contributed by atoms with Gasteiger partial charge in [-0.15, -0.1) is 0 Å². The first-order valence-electron chi connectivity index (χ1n) is 8.57. The maximum Gasteiger partial charge on any atom is 0.253 e. The van der Waals surface area contributed by atoms with E-state index in [1.165, 1.54) is 12.1 Å². The Labute approximate surface area is 143 Å². The van der Waals surface area contributed by atoms with E-state index in [0.717, 1.165) is 45.2 Å². The fourth-order valence-electron chi connectivity index (χ4n) is 3.17. The minimum Gasteiger partial charge on any atom is -0.377 e. The van der Waals surface area contributed by atoms with Crippen molar-refractivity contribution in [3.8, 4) is 0 Å². The third-order valence-electron chi connectivity index (χ3n) is 4.56. The first-order chi connectivity index (χ1) is 11.6. The quantitative estimate of drug-likeness (QED) is 0.876. The molecule has 2 aliphatic rings. The molecule has 132 valence electrons. The summed E-state index contributed by atoms with van der Waals surface area (Å²) in [6.07, 6.45) is 4.94. The van der Waals surface area contributed by atoms with Crippen LogP contribution in [0.3, 0.4) is 0 Å². The molecule has 0 saturated carbocycles. The molecule has 0 spiro atoms. The molecule has 1 aromatic rings. The Morgan fingerprint density at radius 2 is 2.00 bits per heavy atom. The highest BCUT2D eigenvalue weighted by atomic mass is 32.2. The van der Waals surface area contributed by atoms with Crippen molar-refractivity contribution in [3.63, 3.8) is 0 Å². The Hall–Kier alpha value is -1.44. The van der Waals surface area contributed by atoms with Gasteiger partial charge >= 0.3 is 0 Å². The van der Waals surface area contributed by atoms with Gasteiger partial charge in [-0.3, -0.25) is 4.79 Å². The number of benzene rings is 1. The summed E-state index contributed by atoms with van der Waals surface area (Å²) in [5, 5.41) is 0. The lowest BCUT2D eigenvalue weighted by Crippen LogP contribution is -2.36. The van der Waals surface area contributed by atoms with Crippen LogP contribution in [0.2, 0.25) is 0 Å². The van der Waals surface area contributed by atoms with E-state index >= 15 is 0 Å². The van der Waals surface area contributed by atoms with Crippen molar-refractivity contribution in [2.75, 3.05) is 26.2 Å². The van der Waals surface area contributed by atoms with E-state index in [2.05, 4.69) is 4.72 Å². The van der Waals surface area contributed by atoms with Gasteiger partial charge in [0, 0.05) is 31.8 Å². The maximum absolute atomic E-state index is 12.5. The number of nitrogens with one attached hydrogen (secondary N) is 1. The first-order valence-corrected chi connectivity index (χ1v) is 10.1. The molecule has 1 atom stereocenters. The number of piperidine rings is 1. The zero-order valence-electron chi connectivity index (χ0n) is 13.7. The number of hydrogen-bond acceptors (Lipinski definition) is 4. The number of carbonyl (C=O) groups excluding carboxylic acids is 1. The van der Waals surface area contributed by atoms with Crippen LogP contribution in [0, 0.1) is 0 Å². The average Bonchev–Trinajstić information content (AvgIpc) is 3.14. The number of likely N-dealkylation sites (tertiary alicyclic amines) is 1. The molecule has 0 aliphatic carbocycles. The van der Waals surface area contributed by atoms with Crippen molar-refractivity contribution in [2.45, 2.75) is 43.1 Å². The number of carbonyl (C=O) groups is 1. The number of ether oxygens (including phenoxy) is 1. The molecule has 6 nitrogen and oxygen atoms in total. The van der Waals surface area contributed by atoms with E-state index < -0.39 is 10.0 Å². The molecule has 2 heterocycles. The second kappa shape index (κ2) is 7.63. The van der Waals surface area contributed by atoms with Gasteiger partial charge in [0.2, 0.25) is 10.0 Å². The van der Waals surface area contributed by atoms with E-state index in [1.54, 1.807) is 17.0 Å². The van der Waals surface area contributed by atoms with Crippen LogP contribution in [-0.4, -0.2) is 51.6 Å². The molecule has 7 heteroatoms. The van der Waals surface area contributed by atoms with Crippen LogP contribution in [0.4, 0.5) is 0 Å². The van der Waals surface area contributed by atoms with Gasteiger partial charge in [-0.1, -0.05) is 6.07 Å². The third kappa shape index (κ3) is 4.15. The molecule has 2 aliphatic heterocycles. The molecule has 1 amide bonds. The summed E-state index contributed by atoms with van der Waals surface area (Å²) in [4.78, 5) is 14.5. The topological polar surface area (TPSA) is 75.7 Å². The minimum absolute atomic E-state index is 0.0575. The standard InChI is InChI=1S/C17H24N2O4S/c20-17(19-9-2-1-3-10-19)14-6-4-8-16(12-14)24(21,22)18-13-15-7-5-11-23-15/h4,6,8,12,15,18H,1-3,5,7,9-11,13H2/t15-/m1/s1. The lowest BCUT2D eigenvalue weighted by molar-refractivity contribution is 0.0724. The summed E-state index contributed by atoms with van der Waals surface area (Å²) in [6.45, 7) is 2.44. The lowest BCUT2D eigenvalue weighted by atomic mass is 10.1.